The van der Waals surface area contributed by atoms with Crippen molar-refractivity contribution >= 4 is 0 Å². The lowest BCUT2D eigenvalue weighted by molar-refractivity contribution is 0.0237. The summed E-state index contributed by atoms with van der Waals surface area (Å²) >= 11 is 0. The van der Waals surface area contributed by atoms with Crippen LogP contribution >= 0.6 is 0 Å². The normalized spacial score (nSPS) is 22.2. The minimum atomic E-state index is 0.135. The Labute approximate surface area is 149 Å². The molecular formula is C20H38N2O2. The van der Waals surface area contributed by atoms with Gasteiger partial charge in [-0.25, -0.2) is 0 Å². The topological polar surface area (TPSA) is 33.7 Å². The summed E-state index contributed by atoms with van der Waals surface area (Å²) in [4.78, 5) is 2.47. The summed E-state index contributed by atoms with van der Waals surface area (Å²) in [7, 11) is 1.84. The predicted molar refractivity (Wildman–Crippen MR) is 102 cm³/mol. The highest BCUT2D eigenvalue weighted by Gasteiger charge is 2.30. The van der Waals surface area contributed by atoms with E-state index in [0.717, 1.165) is 32.7 Å². The molecule has 0 aromatic heterocycles. The molecule has 1 fully saturated rings. The molecule has 0 bridgehead atoms. The number of ether oxygens (including phenoxy) is 2. The first-order chi connectivity index (χ1) is 11.5. The summed E-state index contributed by atoms with van der Waals surface area (Å²) < 4.78 is 11.5. The van der Waals surface area contributed by atoms with Crippen molar-refractivity contribution in [2.75, 3.05) is 33.4 Å². The van der Waals surface area contributed by atoms with Crippen LogP contribution in [-0.4, -0.2) is 50.5 Å². The number of methoxy groups -OCH3 is 1. The Bertz CT molecular complexity index is 402. The molecule has 1 heterocycles. The lowest BCUT2D eigenvalue weighted by Crippen LogP contribution is -2.46. The van der Waals surface area contributed by atoms with Crippen LogP contribution in [0.1, 0.15) is 47.5 Å². The van der Waals surface area contributed by atoms with Crippen molar-refractivity contribution in [2.45, 2.75) is 59.6 Å². The van der Waals surface area contributed by atoms with Crippen molar-refractivity contribution in [1.29, 1.82) is 0 Å². The highest BCUT2D eigenvalue weighted by Crippen LogP contribution is 2.30. The molecule has 1 aliphatic rings. The molecule has 1 saturated heterocycles. The SMILES string of the molecule is C=CN/C(=C(/C)C(OC)[C@H](CC)[C@@H](C)CC)C(C)N1CCOCC1. The van der Waals surface area contributed by atoms with Crippen molar-refractivity contribution in [3.05, 3.63) is 24.0 Å². The van der Waals surface area contributed by atoms with E-state index in [1.165, 1.54) is 17.7 Å². The number of hydrogen-bond acceptors (Lipinski definition) is 4. The van der Waals surface area contributed by atoms with Crippen LogP contribution in [0.3, 0.4) is 0 Å². The molecule has 0 aromatic rings. The number of morpholine rings is 1. The summed E-state index contributed by atoms with van der Waals surface area (Å²) in [5, 5.41) is 3.41. The molecule has 1 N–H and O–H groups in total. The van der Waals surface area contributed by atoms with Crippen molar-refractivity contribution in [2.24, 2.45) is 11.8 Å². The maximum absolute atomic E-state index is 5.98. The van der Waals surface area contributed by atoms with Gasteiger partial charge in [-0.05, 0) is 37.5 Å². The van der Waals surface area contributed by atoms with E-state index in [1.807, 2.05) is 7.11 Å². The number of nitrogens with zero attached hydrogens (tertiary/aromatic N) is 1. The summed E-state index contributed by atoms with van der Waals surface area (Å²) in [6.45, 7) is 18.8. The lowest BCUT2D eigenvalue weighted by Gasteiger charge is -2.37. The molecule has 1 rings (SSSR count). The minimum absolute atomic E-state index is 0.135. The van der Waals surface area contributed by atoms with E-state index in [2.05, 4.69) is 51.4 Å². The first kappa shape index (κ1) is 21.2. The molecule has 0 aromatic carbocycles. The maximum Gasteiger partial charge on any atom is 0.0829 e. The highest BCUT2D eigenvalue weighted by atomic mass is 16.5. The third-order valence-electron chi connectivity index (χ3n) is 5.61. The van der Waals surface area contributed by atoms with Crippen LogP contribution in [0.25, 0.3) is 0 Å². The average Bonchev–Trinajstić information content (AvgIpc) is 2.63. The van der Waals surface area contributed by atoms with E-state index in [0.29, 0.717) is 17.9 Å². The molecule has 140 valence electrons. The van der Waals surface area contributed by atoms with Gasteiger partial charge in [0.05, 0.1) is 19.3 Å². The maximum atomic E-state index is 5.98. The third-order valence-corrected chi connectivity index (χ3v) is 5.61. The molecule has 0 amide bonds. The quantitative estimate of drug-likeness (QED) is 0.657. The van der Waals surface area contributed by atoms with Gasteiger partial charge < -0.3 is 14.8 Å². The van der Waals surface area contributed by atoms with Gasteiger partial charge in [-0.3, -0.25) is 4.90 Å². The first-order valence-corrected chi connectivity index (χ1v) is 9.44. The number of nitrogens with one attached hydrogen (secondary N) is 1. The smallest absolute Gasteiger partial charge is 0.0829 e. The van der Waals surface area contributed by atoms with Crippen LogP contribution < -0.4 is 5.32 Å². The molecule has 4 atom stereocenters. The Hall–Kier alpha value is -0.840. The second-order valence-electron chi connectivity index (χ2n) is 6.88. The predicted octanol–water partition coefficient (Wildman–Crippen LogP) is 3.80. The van der Waals surface area contributed by atoms with Gasteiger partial charge in [0.1, 0.15) is 0 Å². The van der Waals surface area contributed by atoms with Crippen LogP contribution in [0.4, 0.5) is 0 Å². The highest BCUT2D eigenvalue weighted by molar-refractivity contribution is 5.22. The number of hydrogen-bond donors (Lipinski definition) is 1. The summed E-state index contributed by atoms with van der Waals surface area (Å²) in [5.41, 5.74) is 2.52. The van der Waals surface area contributed by atoms with Crippen molar-refractivity contribution in [3.63, 3.8) is 0 Å². The zero-order valence-electron chi connectivity index (χ0n) is 16.6. The fourth-order valence-electron chi connectivity index (χ4n) is 3.86. The van der Waals surface area contributed by atoms with Gasteiger partial charge in [-0.1, -0.05) is 40.2 Å². The van der Waals surface area contributed by atoms with Gasteiger partial charge >= 0.3 is 0 Å². The van der Waals surface area contributed by atoms with E-state index in [1.54, 1.807) is 6.20 Å². The van der Waals surface area contributed by atoms with Crippen LogP contribution in [0.2, 0.25) is 0 Å². The van der Waals surface area contributed by atoms with E-state index in [-0.39, 0.29) is 6.10 Å². The average molecular weight is 339 g/mol. The molecule has 0 radical (unpaired) electrons. The summed E-state index contributed by atoms with van der Waals surface area (Å²) in [6.07, 6.45) is 4.22. The first-order valence-electron chi connectivity index (χ1n) is 9.44. The Balaban J connectivity index is 3.11. The molecule has 4 heteroatoms. The Kier molecular flexibility index (Phi) is 9.64. The standard InChI is InChI=1S/C20H38N2O2/c1-8-15(4)18(9-2)20(23-7)16(5)19(21-10-3)17(6)22-11-13-24-14-12-22/h10,15,17-18,20-21H,3,8-9,11-14H2,1-2,4-7H3/b19-16-/t15-,17?,18+,20?/m0/s1. The molecule has 0 aliphatic carbocycles. The molecular weight excluding hydrogens is 300 g/mol. The fourth-order valence-corrected chi connectivity index (χ4v) is 3.86. The molecule has 24 heavy (non-hydrogen) atoms. The lowest BCUT2D eigenvalue weighted by atomic mass is 9.81. The second-order valence-corrected chi connectivity index (χ2v) is 6.88. The van der Waals surface area contributed by atoms with E-state index in [9.17, 15) is 0 Å². The van der Waals surface area contributed by atoms with E-state index in [4.69, 9.17) is 9.47 Å². The zero-order valence-corrected chi connectivity index (χ0v) is 16.6. The second kappa shape index (κ2) is 10.9. The monoisotopic (exact) mass is 338 g/mol. The minimum Gasteiger partial charge on any atom is -0.379 e. The molecule has 4 nitrogen and oxygen atoms in total. The van der Waals surface area contributed by atoms with Crippen molar-refractivity contribution in [1.82, 2.24) is 10.2 Å². The Morgan fingerprint density at radius 1 is 1.25 bits per heavy atom. The zero-order chi connectivity index (χ0) is 18.1. The van der Waals surface area contributed by atoms with E-state index < -0.39 is 0 Å². The largest absolute Gasteiger partial charge is 0.379 e. The van der Waals surface area contributed by atoms with Gasteiger partial charge in [0.15, 0.2) is 0 Å². The summed E-state index contributed by atoms with van der Waals surface area (Å²) in [5.74, 6) is 1.16. The summed E-state index contributed by atoms with van der Waals surface area (Å²) in [6, 6.07) is 0.305. The molecule has 1 aliphatic heterocycles. The molecule has 2 unspecified atom stereocenters. The van der Waals surface area contributed by atoms with E-state index >= 15 is 0 Å². The van der Waals surface area contributed by atoms with Crippen LogP contribution in [0.5, 0.6) is 0 Å². The molecule has 0 saturated carbocycles. The van der Waals surface area contributed by atoms with Gasteiger partial charge in [-0.2, -0.15) is 0 Å². The van der Waals surface area contributed by atoms with Gasteiger partial charge in [-0.15, -0.1) is 0 Å². The fraction of sp³-hybridized carbons (Fsp3) is 0.800. The van der Waals surface area contributed by atoms with Crippen molar-refractivity contribution in [3.8, 4) is 0 Å². The van der Waals surface area contributed by atoms with Gasteiger partial charge in [0, 0.05) is 31.9 Å². The van der Waals surface area contributed by atoms with Gasteiger partial charge in [0.2, 0.25) is 0 Å². The van der Waals surface area contributed by atoms with Crippen LogP contribution in [0, 0.1) is 11.8 Å². The van der Waals surface area contributed by atoms with Crippen LogP contribution in [-0.2, 0) is 9.47 Å². The third kappa shape index (κ3) is 5.33. The Morgan fingerprint density at radius 2 is 1.88 bits per heavy atom. The van der Waals surface area contributed by atoms with Crippen molar-refractivity contribution < 1.29 is 9.47 Å². The van der Waals surface area contributed by atoms with Gasteiger partial charge in [0.25, 0.3) is 0 Å². The number of rotatable bonds is 10. The molecule has 0 spiro atoms. The van der Waals surface area contributed by atoms with Crippen LogP contribution in [0.15, 0.2) is 24.0 Å². The Morgan fingerprint density at radius 3 is 2.33 bits per heavy atom.